The fourth-order valence-corrected chi connectivity index (χ4v) is 5.32. The zero-order valence-corrected chi connectivity index (χ0v) is 13.7. The van der Waals surface area contributed by atoms with Crippen LogP contribution in [0.3, 0.4) is 0 Å². The molecule has 0 radical (unpaired) electrons. The molecule has 21 heavy (non-hydrogen) atoms. The van der Waals surface area contributed by atoms with Crippen LogP contribution in [-0.4, -0.2) is 68.1 Å². The second kappa shape index (κ2) is 6.12. The lowest BCUT2D eigenvalue weighted by molar-refractivity contribution is -0.0456. The van der Waals surface area contributed by atoms with Gasteiger partial charge in [-0.1, -0.05) is 0 Å². The Bertz CT molecular complexity index is 450. The van der Waals surface area contributed by atoms with Gasteiger partial charge >= 0.3 is 0 Å². The summed E-state index contributed by atoms with van der Waals surface area (Å²) in [5, 5.41) is 0. The zero-order valence-electron chi connectivity index (χ0n) is 12.9. The van der Waals surface area contributed by atoms with E-state index < -0.39 is 10.2 Å². The summed E-state index contributed by atoms with van der Waals surface area (Å²) in [5.41, 5.74) is 0. The molecule has 0 aromatic rings. The number of ether oxygens (including phenoxy) is 2. The average Bonchev–Trinajstić information content (AvgIpc) is 3.11. The highest BCUT2D eigenvalue weighted by Crippen LogP contribution is 2.33. The van der Waals surface area contributed by atoms with Crippen LogP contribution in [0.5, 0.6) is 0 Å². The van der Waals surface area contributed by atoms with Gasteiger partial charge in [-0.05, 0) is 39.0 Å². The Morgan fingerprint density at radius 2 is 1.81 bits per heavy atom. The Morgan fingerprint density at radius 3 is 2.33 bits per heavy atom. The first-order valence-corrected chi connectivity index (χ1v) is 9.36. The van der Waals surface area contributed by atoms with Gasteiger partial charge in [0.15, 0.2) is 0 Å². The minimum absolute atomic E-state index is 0.0422. The van der Waals surface area contributed by atoms with E-state index >= 15 is 0 Å². The summed E-state index contributed by atoms with van der Waals surface area (Å²) >= 11 is 0. The van der Waals surface area contributed by atoms with E-state index in [-0.39, 0.29) is 18.2 Å². The van der Waals surface area contributed by atoms with E-state index in [1.165, 1.54) is 0 Å². The van der Waals surface area contributed by atoms with Gasteiger partial charge in [-0.3, -0.25) is 0 Å². The van der Waals surface area contributed by atoms with Crippen molar-refractivity contribution in [2.45, 2.75) is 51.4 Å². The predicted octanol–water partition coefficient (Wildman–Crippen LogP) is 0.841. The van der Waals surface area contributed by atoms with Crippen molar-refractivity contribution in [1.82, 2.24) is 8.61 Å². The molecule has 122 valence electrons. The molecule has 2 aliphatic heterocycles. The van der Waals surface area contributed by atoms with Crippen molar-refractivity contribution in [2.24, 2.45) is 5.92 Å². The molecule has 0 spiro atoms. The molecule has 2 heterocycles. The van der Waals surface area contributed by atoms with Crippen molar-refractivity contribution in [3.63, 3.8) is 0 Å². The number of rotatable bonds is 5. The number of hydrogen-bond donors (Lipinski definition) is 0. The minimum Gasteiger partial charge on any atom is -0.381 e. The van der Waals surface area contributed by atoms with Crippen molar-refractivity contribution >= 4 is 10.2 Å². The van der Waals surface area contributed by atoms with Crippen molar-refractivity contribution in [3.05, 3.63) is 0 Å². The number of morpholine rings is 1. The van der Waals surface area contributed by atoms with Crippen LogP contribution in [-0.2, 0) is 19.7 Å². The summed E-state index contributed by atoms with van der Waals surface area (Å²) in [6, 6.07) is 0.198. The number of nitrogens with zero attached hydrogens (tertiary/aromatic N) is 2. The first kappa shape index (κ1) is 15.7. The maximum absolute atomic E-state index is 13.0. The lowest BCUT2D eigenvalue weighted by Gasteiger charge is -2.38. The molecule has 0 unspecified atom stereocenters. The summed E-state index contributed by atoms with van der Waals surface area (Å²) in [6.07, 6.45) is 2.86. The highest BCUT2D eigenvalue weighted by atomic mass is 32.2. The predicted molar refractivity (Wildman–Crippen MR) is 79.2 cm³/mol. The van der Waals surface area contributed by atoms with Crippen LogP contribution in [0.4, 0.5) is 0 Å². The van der Waals surface area contributed by atoms with E-state index in [1.54, 1.807) is 8.61 Å². The Hall–Kier alpha value is -0.210. The molecular weight excluding hydrogens is 292 g/mol. The van der Waals surface area contributed by atoms with Gasteiger partial charge in [-0.25, -0.2) is 0 Å². The monoisotopic (exact) mass is 318 g/mol. The van der Waals surface area contributed by atoms with Crippen molar-refractivity contribution in [2.75, 3.05) is 32.8 Å². The Morgan fingerprint density at radius 1 is 1.14 bits per heavy atom. The fourth-order valence-electron chi connectivity index (χ4n) is 3.24. The molecule has 3 fully saturated rings. The van der Waals surface area contributed by atoms with Gasteiger partial charge in [0.2, 0.25) is 0 Å². The standard InChI is InChI=1S/C14H26N2O4S/c1-11-7-15(8-12(2)20-11)21(17,18)16(14-3-4-14)9-13-5-6-19-10-13/h11-14H,3-10H2,1-2H3/t11-,12+,13-/m1/s1. The number of hydrogen-bond acceptors (Lipinski definition) is 4. The van der Waals surface area contributed by atoms with Crippen LogP contribution in [0.1, 0.15) is 33.1 Å². The van der Waals surface area contributed by atoms with Crippen LogP contribution >= 0.6 is 0 Å². The van der Waals surface area contributed by atoms with Gasteiger partial charge in [0.1, 0.15) is 0 Å². The van der Waals surface area contributed by atoms with Crippen molar-refractivity contribution < 1.29 is 17.9 Å². The van der Waals surface area contributed by atoms with Crippen LogP contribution in [0.15, 0.2) is 0 Å². The van der Waals surface area contributed by atoms with Crippen LogP contribution in [0, 0.1) is 5.92 Å². The molecular formula is C14H26N2O4S. The van der Waals surface area contributed by atoms with Crippen LogP contribution in [0.2, 0.25) is 0 Å². The van der Waals surface area contributed by atoms with E-state index in [4.69, 9.17) is 9.47 Å². The van der Waals surface area contributed by atoms with E-state index in [2.05, 4.69) is 0 Å². The Labute approximate surface area is 127 Å². The first-order chi connectivity index (χ1) is 9.96. The van der Waals surface area contributed by atoms with Gasteiger partial charge < -0.3 is 9.47 Å². The van der Waals surface area contributed by atoms with E-state index in [0.717, 1.165) is 25.9 Å². The third kappa shape index (κ3) is 3.59. The fraction of sp³-hybridized carbons (Fsp3) is 1.00. The van der Waals surface area contributed by atoms with Gasteiger partial charge in [0.05, 0.1) is 18.8 Å². The normalized spacial score (nSPS) is 35.5. The molecule has 0 N–H and O–H groups in total. The van der Waals surface area contributed by atoms with Crippen LogP contribution in [0.25, 0.3) is 0 Å². The van der Waals surface area contributed by atoms with E-state index in [9.17, 15) is 8.42 Å². The van der Waals surface area contributed by atoms with Gasteiger partial charge in [0.25, 0.3) is 10.2 Å². The molecule has 0 aromatic heterocycles. The summed E-state index contributed by atoms with van der Waals surface area (Å²) in [6.45, 7) is 6.83. The van der Waals surface area contributed by atoms with Crippen LogP contribution < -0.4 is 0 Å². The molecule has 2 saturated heterocycles. The molecule has 3 aliphatic rings. The third-order valence-electron chi connectivity index (χ3n) is 4.43. The SMILES string of the molecule is C[C@@H]1CN(S(=O)(=O)N(C[C@H]2CCOC2)C2CC2)C[C@H](C)O1. The summed E-state index contributed by atoms with van der Waals surface area (Å²) in [5.74, 6) is 0.344. The maximum atomic E-state index is 13.0. The Kier molecular flexibility index (Phi) is 4.57. The smallest absolute Gasteiger partial charge is 0.282 e. The highest BCUT2D eigenvalue weighted by Gasteiger charge is 2.43. The van der Waals surface area contributed by atoms with Gasteiger partial charge in [0, 0.05) is 32.3 Å². The molecule has 3 rings (SSSR count). The lowest BCUT2D eigenvalue weighted by Crippen LogP contribution is -2.54. The Balaban J connectivity index is 1.73. The van der Waals surface area contributed by atoms with E-state index in [1.807, 2.05) is 13.8 Å². The average molecular weight is 318 g/mol. The summed E-state index contributed by atoms with van der Waals surface area (Å²) in [7, 11) is -3.38. The topological polar surface area (TPSA) is 59.1 Å². The zero-order chi connectivity index (χ0) is 15.0. The van der Waals surface area contributed by atoms with Crippen molar-refractivity contribution in [1.29, 1.82) is 0 Å². The molecule has 7 heteroatoms. The summed E-state index contributed by atoms with van der Waals surface area (Å²) < 4.78 is 40.4. The van der Waals surface area contributed by atoms with Gasteiger partial charge in [-0.15, -0.1) is 0 Å². The maximum Gasteiger partial charge on any atom is 0.282 e. The molecule has 0 aromatic carbocycles. The van der Waals surface area contributed by atoms with E-state index in [0.29, 0.717) is 32.2 Å². The molecule has 0 amide bonds. The molecule has 6 nitrogen and oxygen atoms in total. The van der Waals surface area contributed by atoms with Crippen molar-refractivity contribution in [3.8, 4) is 0 Å². The molecule has 0 bridgehead atoms. The van der Waals surface area contributed by atoms with Gasteiger partial charge in [-0.2, -0.15) is 17.0 Å². The third-order valence-corrected chi connectivity index (χ3v) is 6.42. The molecule has 3 atom stereocenters. The second-order valence-corrected chi connectivity index (χ2v) is 8.49. The minimum atomic E-state index is -3.38. The second-order valence-electron chi connectivity index (χ2n) is 6.61. The molecule has 1 saturated carbocycles. The molecule has 1 aliphatic carbocycles. The lowest BCUT2D eigenvalue weighted by atomic mass is 10.1. The quantitative estimate of drug-likeness (QED) is 0.754. The summed E-state index contributed by atoms with van der Waals surface area (Å²) in [4.78, 5) is 0. The largest absolute Gasteiger partial charge is 0.381 e. The highest BCUT2D eigenvalue weighted by molar-refractivity contribution is 7.86. The first-order valence-electron chi connectivity index (χ1n) is 7.97.